The first-order chi connectivity index (χ1) is 12.5. The van der Waals surface area contributed by atoms with E-state index in [1.54, 1.807) is 12.1 Å². The second-order valence-corrected chi connectivity index (χ2v) is 7.83. The summed E-state index contributed by atoms with van der Waals surface area (Å²) in [4.78, 5) is 30.9. The third-order valence-corrected chi connectivity index (χ3v) is 5.40. The molecule has 1 aromatic carbocycles. The zero-order chi connectivity index (χ0) is 21.0. The lowest BCUT2D eigenvalue weighted by atomic mass is 10.1. The van der Waals surface area contributed by atoms with Gasteiger partial charge in [0.1, 0.15) is 23.9 Å². The Bertz CT molecular complexity index is 594. The van der Waals surface area contributed by atoms with E-state index in [1.807, 2.05) is 0 Å². The fraction of sp³-hybridized carbons (Fsp3) is 0.400. The molecule has 0 radical (unpaired) electrons. The van der Waals surface area contributed by atoms with Gasteiger partial charge in [0.05, 0.1) is 0 Å². The lowest BCUT2D eigenvalue weighted by molar-refractivity contribution is -0.139. The molecule has 0 unspecified atom stereocenters. The van der Waals surface area contributed by atoms with E-state index in [2.05, 4.69) is 0 Å². The highest BCUT2D eigenvalue weighted by Gasteiger charge is 2.14. The zero-order valence-corrected chi connectivity index (χ0v) is 15.9. The fourth-order valence-corrected chi connectivity index (χ4v) is 3.59. The van der Waals surface area contributed by atoms with Gasteiger partial charge in [-0.2, -0.15) is 0 Å². The molecule has 152 valence electrons. The van der Waals surface area contributed by atoms with Gasteiger partial charge in [-0.05, 0) is 24.1 Å². The quantitative estimate of drug-likeness (QED) is 0.189. The number of phenols is 1. The first-order valence-electron chi connectivity index (χ1n) is 7.52. The molecular formula is C15H23N3O7S2. The van der Waals surface area contributed by atoms with Gasteiger partial charge >= 0.3 is 17.9 Å². The SMILES string of the molecule is N[C@@H](CSSC[C@H](N)C(=O)O)C(=O)O.N[C@@H](Cc1ccc(O)cc1)C(=O)O. The van der Waals surface area contributed by atoms with E-state index in [1.165, 1.54) is 33.7 Å². The van der Waals surface area contributed by atoms with Crippen molar-refractivity contribution < 1.29 is 34.8 Å². The van der Waals surface area contributed by atoms with Crippen molar-refractivity contribution in [3.8, 4) is 5.75 Å². The molecule has 0 amide bonds. The van der Waals surface area contributed by atoms with Gasteiger partial charge in [-0.25, -0.2) is 0 Å². The van der Waals surface area contributed by atoms with Crippen molar-refractivity contribution >= 4 is 39.5 Å². The normalized spacial score (nSPS) is 13.6. The Kier molecular flexibility index (Phi) is 12.2. The third kappa shape index (κ3) is 12.1. The highest BCUT2D eigenvalue weighted by Crippen LogP contribution is 2.22. The number of benzene rings is 1. The molecule has 1 aromatic rings. The van der Waals surface area contributed by atoms with Crippen LogP contribution in [0.2, 0.25) is 0 Å². The van der Waals surface area contributed by atoms with Crippen LogP contribution >= 0.6 is 21.6 Å². The molecule has 12 heteroatoms. The molecule has 0 saturated heterocycles. The molecule has 0 aliphatic carbocycles. The van der Waals surface area contributed by atoms with E-state index < -0.39 is 36.0 Å². The average Bonchev–Trinajstić information content (AvgIpc) is 2.60. The van der Waals surface area contributed by atoms with Crippen LogP contribution in [0.25, 0.3) is 0 Å². The number of aliphatic carboxylic acids is 3. The minimum Gasteiger partial charge on any atom is -0.508 e. The number of rotatable bonds is 10. The van der Waals surface area contributed by atoms with Gasteiger partial charge in [-0.1, -0.05) is 33.7 Å². The van der Waals surface area contributed by atoms with Crippen molar-refractivity contribution in [1.82, 2.24) is 0 Å². The van der Waals surface area contributed by atoms with Gasteiger partial charge < -0.3 is 37.6 Å². The molecule has 1 rings (SSSR count). The molecule has 0 saturated carbocycles. The van der Waals surface area contributed by atoms with Crippen molar-refractivity contribution in [3.05, 3.63) is 29.8 Å². The van der Waals surface area contributed by atoms with Gasteiger partial charge in [0.25, 0.3) is 0 Å². The van der Waals surface area contributed by atoms with Crippen LogP contribution in [0.5, 0.6) is 5.75 Å². The Balaban J connectivity index is 0.000000501. The summed E-state index contributed by atoms with van der Waals surface area (Å²) < 4.78 is 0. The van der Waals surface area contributed by atoms with E-state index in [-0.39, 0.29) is 23.7 Å². The highest BCUT2D eigenvalue weighted by atomic mass is 33.1. The van der Waals surface area contributed by atoms with Crippen LogP contribution in [-0.4, -0.2) is 68.0 Å². The molecule has 10 N–H and O–H groups in total. The monoisotopic (exact) mass is 421 g/mol. The summed E-state index contributed by atoms with van der Waals surface area (Å²) in [5.41, 5.74) is 16.5. The number of hydrogen-bond donors (Lipinski definition) is 7. The van der Waals surface area contributed by atoms with Crippen LogP contribution in [0.4, 0.5) is 0 Å². The van der Waals surface area contributed by atoms with Gasteiger partial charge in [-0.3, -0.25) is 14.4 Å². The van der Waals surface area contributed by atoms with Crippen LogP contribution in [0.1, 0.15) is 5.56 Å². The molecular weight excluding hydrogens is 398 g/mol. The Morgan fingerprint density at radius 1 is 0.778 bits per heavy atom. The van der Waals surface area contributed by atoms with Gasteiger partial charge in [0.15, 0.2) is 0 Å². The molecule has 0 fully saturated rings. The molecule has 0 aromatic heterocycles. The van der Waals surface area contributed by atoms with Gasteiger partial charge in [-0.15, -0.1) is 0 Å². The molecule has 0 aliphatic rings. The van der Waals surface area contributed by atoms with E-state index in [0.29, 0.717) is 0 Å². The van der Waals surface area contributed by atoms with Crippen LogP contribution < -0.4 is 17.2 Å². The summed E-state index contributed by atoms with van der Waals surface area (Å²) in [5, 5.41) is 34.3. The van der Waals surface area contributed by atoms with Gasteiger partial charge in [0, 0.05) is 11.5 Å². The van der Waals surface area contributed by atoms with E-state index in [0.717, 1.165) is 5.56 Å². The predicted octanol–water partition coefficient (Wildman–Crippen LogP) is -0.462. The average molecular weight is 421 g/mol. The number of carboxylic acid groups (broad SMARTS) is 3. The Labute approximate surface area is 163 Å². The molecule has 0 aliphatic heterocycles. The first-order valence-corrected chi connectivity index (χ1v) is 10.0. The first kappa shape index (κ1) is 25.0. The van der Waals surface area contributed by atoms with E-state index >= 15 is 0 Å². The Morgan fingerprint density at radius 3 is 1.48 bits per heavy atom. The standard InChI is InChI=1S/C9H11NO3.C6H12N2O4S2/c10-8(9(12)13)5-6-1-3-7(11)4-2-6;7-3(5(9)10)1-13-14-2-4(8)6(11)12/h1-4,8,11H,5,10H2,(H,12,13);3-4H,1-2,7-8H2,(H,9,10)(H,11,12)/t8-;3-,4-/m00/s1. The zero-order valence-electron chi connectivity index (χ0n) is 14.2. The number of carbonyl (C=O) groups is 3. The maximum atomic E-state index is 10.4. The highest BCUT2D eigenvalue weighted by molar-refractivity contribution is 8.76. The second kappa shape index (κ2) is 13.2. The van der Waals surface area contributed by atoms with Crippen molar-refractivity contribution in [2.24, 2.45) is 17.2 Å². The summed E-state index contributed by atoms with van der Waals surface area (Å²) in [6.45, 7) is 0. The molecule has 27 heavy (non-hydrogen) atoms. The number of nitrogens with two attached hydrogens (primary N) is 3. The predicted molar refractivity (Wildman–Crippen MR) is 104 cm³/mol. The molecule has 3 atom stereocenters. The fourth-order valence-electron chi connectivity index (χ4n) is 1.36. The van der Waals surface area contributed by atoms with E-state index in [4.69, 9.17) is 37.6 Å². The molecule has 10 nitrogen and oxygen atoms in total. The number of carboxylic acids is 3. The summed E-state index contributed by atoms with van der Waals surface area (Å²) in [6, 6.07) is 3.58. The number of aromatic hydroxyl groups is 1. The van der Waals surface area contributed by atoms with Crippen molar-refractivity contribution in [2.75, 3.05) is 11.5 Å². The smallest absolute Gasteiger partial charge is 0.321 e. The third-order valence-electron chi connectivity index (χ3n) is 2.92. The van der Waals surface area contributed by atoms with Crippen LogP contribution in [-0.2, 0) is 20.8 Å². The minimum atomic E-state index is -1.07. The summed E-state index contributed by atoms with van der Waals surface area (Å²) in [5.74, 6) is -2.54. The number of phenolic OH excluding ortho intramolecular Hbond substituents is 1. The van der Waals surface area contributed by atoms with Crippen LogP contribution in [0.3, 0.4) is 0 Å². The Morgan fingerprint density at radius 2 is 1.15 bits per heavy atom. The summed E-state index contributed by atoms with van der Waals surface area (Å²) >= 11 is 0. The summed E-state index contributed by atoms with van der Waals surface area (Å²) in [6.07, 6.45) is 0.273. The topological polar surface area (TPSA) is 210 Å². The number of hydrogen-bond acceptors (Lipinski definition) is 9. The van der Waals surface area contributed by atoms with Crippen molar-refractivity contribution in [1.29, 1.82) is 0 Å². The Hall–Kier alpha value is -1.99. The maximum Gasteiger partial charge on any atom is 0.321 e. The summed E-state index contributed by atoms with van der Waals surface area (Å²) in [7, 11) is 2.41. The van der Waals surface area contributed by atoms with Crippen molar-refractivity contribution in [3.63, 3.8) is 0 Å². The molecule has 0 bridgehead atoms. The molecule has 0 spiro atoms. The van der Waals surface area contributed by atoms with Crippen LogP contribution in [0, 0.1) is 0 Å². The molecule has 0 heterocycles. The van der Waals surface area contributed by atoms with Crippen LogP contribution in [0.15, 0.2) is 24.3 Å². The van der Waals surface area contributed by atoms with Gasteiger partial charge in [0.2, 0.25) is 0 Å². The lowest BCUT2D eigenvalue weighted by Gasteiger charge is -2.07. The maximum absolute atomic E-state index is 10.4. The largest absolute Gasteiger partial charge is 0.508 e. The lowest BCUT2D eigenvalue weighted by Crippen LogP contribution is -2.33. The van der Waals surface area contributed by atoms with Crippen molar-refractivity contribution in [2.45, 2.75) is 24.5 Å². The minimum absolute atomic E-state index is 0.160. The van der Waals surface area contributed by atoms with E-state index in [9.17, 15) is 14.4 Å². The second-order valence-electron chi connectivity index (χ2n) is 5.27.